The van der Waals surface area contributed by atoms with E-state index in [9.17, 15) is 9.59 Å². The number of hydrogen-bond acceptors (Lipinski definition) is 4. The van der Waals surface area contributed by atoms with Crippen LogP contribution >= 0.6 is 15.9 Å². The quantitative estimate of drug-likeness (QED) is 0.904. The van der Waals surface area contributed by atoms with Crippen LogP contribution in [-0.4, -0.2) is 27.0 Å². The zero-order valence-corrected chi connectivity index (χ0v) is 11.1. The van der Waals surface area contributed by atoms with E-state index in [-0.39, 0.29) is 17.1 Å². The lowest BCUT2D eigenvalue weighted by atomic mass is 10.3. The number of amides is 1. The van der Waals surface area contributed by atoms with Gasteiger partial charge in [-0.2, -0.15) is 0 Å². The molecule has 2 rings (SSSR count). The number of carbonyl (C=O) groups is 2. The summed E-state index contributed by atoms with van der Waals surface area (Å²) in [6, 6.07) is 6.04. The number of hydrogen-bond donors (Lipinski definition) is 2. The molecule has 0 aromatic carbocycles. The van der Waals surface area contributed by atoms with Gasteiger partial charge in [0.05, 0.1) is 5.56 Å². The zero-order valence-electron chi connectivity index (χ0n) is 9.50. The molecule has 0 aliphatic heterocycles. The van der Waals surface area contributed by atoms with Crippen molar-refractivity contribution < 1.29 is 14.7 Å². The number of aromatic carboxylic acids is 1. The van der Waals surface area contributed by atoms with Crippen molar-refractivity contribution in [1.82, 2.24) is 9.97 Å². The molecule has 2 aromatic rings. The first-order valence-electron chi connectivity index (χ1n) is 5.18. The lowest BCUT2D eigenvalue weighted by molar-refractivity contribution is 0.0696. The van der Waals surface area contributed by atoms with E-state index in [1.165, 1.54) is 24.5 Å². The number of halogens is 1. The maximum absolute atomic E-state index is 11.8. The molecular formula is C12H8BrN3O3. The molecule has 0 aliphatic carbocycles. The highest BCUT2D eigenvalue weighted by Crippen LogP contribution is 2.10. The fraction of sp³-hybridized carbons (Fsp3) is 0. The van der Waals surface area contributed by atoms with Crippen LogP contribution in [-0.2, 0) is 0 Å². The summed E-state index contributed by atoms with van der Waals surface area (Å²) in [6.07, 6.45) is 2.68. The van der Waals surface area contributed by atoms with E-state index in [1.54, 1.807) is 12.1 Å². The highest BCUT2D eigenvalue weighted by atomic mass is 79.9. The molecular weight excluding hydrogens is 314 g/mol. The van der Waals surface area contributed by atoms with E-state index in [0.29, 0.717) is 0 Å². The number of rotatable bonds is 3. The third kappa shape index (κ3) is 3.35. The molecule has 2 aromatic heterocycles. The number of nitrogens with zero attached hydrogens (tertiary/aromatic N) is 2. The molecule has 2 heterocycles. The largest absolute Gasteiger partial charge is 0.478 e. The van der Waals surface area contributed by atoms with Gasteiger partial charge in [0.15, 0.2) is 0 Å². The summed E-state index contributed by atoms with van der Waals surface area (Å²) in [5.74, 6) is -1.22. The van der Waals surface area contributed by atoms with Crippen molar-refractivity contribution in [2.75, 3.05) is 5.32 Å². The SMILES string of the molecule is O=C(O)c1ccc(NC(=O)c2ccc(Br)cn2)nc1. The molecule has 0 bridgehead atoms. The summed E-state index contributed by atoms with van der Waals surface area (Å²) >= 11 is 3.22. The number of anilines is 1. The number of aromatic nitrogens is 2. The third-order valence-electron chi connectivity index (χ3n) is 2.21. The van der Waals surface area contributed by atoms with Gasteiger partial charge < -0.3 is 10.4 Å². The third-order valence-corrected chi connectivity index (χ3v) is 2.68. The Labute approximate surface area is 116 Å². The minimum atomic E-state index is -1.07. The summed E-state index contributed by atoms with van der Waals surface area (Å²) in [6.45, 7) is 0. The molecule has 0 unspecified atom stereocenters. The molecule has 0 spiro atoms. The topological polar surface area (TPSA) is 92.2 Å². The first-order chi connectivity index (χ1) is 9.06. The van der Waals surface area contributed by atoms with Gasteiger partial charge in [0, 0.05) is 16.9 Å². The first kappa shape index (κ1) is 13.2. The molecule has 2 N–H and O–H groups in total. The molecule has 0 saturated heterocycles. The van der Waals surface area contributed by atoms with Gasteiger partial charge in [-0.05, 0) is 40.2 Å². The van der Waals surface area contributed by atoms with Gasteiger partial charge >= 0.3 is 5.97 Å². The van der Waals surface area contributed by atoms with Crippen molar-refractivity contribution >= 4 is 33.6 Å². The molecule has 0 fully saturated rings. The summed E-state index contributed by atoms with van der Waals surface area (Å²) in [7, 11) is 0. The minimum absolute atomic E-state index is 0.0553. The molecule has 7 heteroatoms. The Balaban J connectivity index is 2.10. The molecule has 1 amide bonds. The maximum atomic E-state index is 11.8. The highest BCUT2D eigenvalue weighted by molar-refractivity contribution is 9.10. The summed E-state index contributed by atoms with van der Waals surface area (Å²) in [5, 5.41) is 11.2. The van der Waals surface area contributed by atoms with E-state index in [4.69, 9.17) is 5.11 Å². The Morgan fingerprint density at radius 2 is 1.89 bits per heavy atom. The van der Waals surface area contributed by atoms with Gasteiger partial charge in [-0.1, -0.05) is 0 Å². The molecule has 0 saturated carbocycles. The second-order valence-corrected chi connectivity index (χ2v) is 4.47. The van der Waals surface area contributed by atoms with Crippen molar-refractivity contribution in [3.05, 3.63) is 52.4 Å². The second kappa shape index (κ2) is 5.57. The van der Waals surface area contributed by atoms with Crippen molar-refractivity contribution in [2.24, 2.45) is 0 Å². The smallest absolute Gasteiger partial charge is 0.337 e. The van der Waals surface area contributed by atoms with Crippen molar-refractivity contribution in [3.63, 3.8) is 0 Å². The average molecular weight is 322 g/mol. The molecule has 0 radical (unpaired) electrons. The molecule has 6 nitrogen and oxygen atoms in total. The lowest BCUT2D eigenvalue weighted by Gasteiger charge is -2.04. The normalized spacial score (nSPS) is 9.95. The Bertz CT molecular complexity index is 611. The minimum Gasteiger partial charge on any atom is -0.478 e. The van der Waals surface area contributed by atoms with Crippen LogP contribution in [0.2, 0.25) is 0 Å². The standard InChI is InChI=1S/C12H8BrN3O3/c13-8-2-3-9(14-6-8)11(17)16-10-4-1-7(5-15-10)12(18)19/h1-6H,(H,18,19)(H,15,16,17). The predicted octanol–water partition coefficient (Wildman–Crippen LogP) is 2.19. The van der Waals surface area contributed by atoms with Crippen LogP contribution in [0.5, 0.6) is 0 Å². The average Bonchev–Trinajstić information content (AvgIpc) is 2.40. The van der Waals surface area contributed by atoms with E-state index >= 15 is 0 Å². The van der Waals surface area contributed by atoms with Gasteiger partial charge in [-0.25, -0.2) is 14.8 Å². The van der Waals surface area contributed by atoms with E-state index in [1.807, 2.05) is 0 Å². The number of pyridine rings is 2. The van der Waals surface area contributed by atoms with E-state index < -0.39 is 11.9 Å². The first-order valence-corrected chi connectivity index (χ1v) is 5.98. The Kier molecular flexibility index (Phi) is 3.86. The van der Waals surface area contributed by atoms with Crippen LogP contribution in [0.3, 0.4) is 0 Å². The van der Waals surface area contributed by atoms with Crippen molar-refractivity contribution in [3.8, 4) is 0 Å². The predicted molar refractivity (Wildman–Crippen MR) is 71.1 cm³/mol. The fourth-order valence-electron chi connectivity index (χ4n) is 1.28. The summed E-state index contributed by atoms with van der Waals surface area (Å²) in [4.78, 5) is 30.2. The number of carboxylic acid groups (broad SMARTS) is 1. The number of carboxylic acids is 1. The Morgan fingerprint density at radius 1 is 1.11 bits per heavy atom. The molecule has 19 heavy (non-hydrogen) atoms. The van der Waals surface area contributed by atoms with Crippen LogP contribution in [0.15, 0.2) is 41.1 Å². The van der Waals surface area contributed by atoms with Gasteiger partial charge in [0.1, 0.15) is 11.5 Å². The molecule has 0 atom stereocenters. The maximum Gasteiger partial charge on any atom is 0.337 e. The Hall–Kier alpha value is -2.28. The van der Waals surface area contributed by atoms with Crippen LogP contribution in [0, 0.1) is 0 Å². The fourth-order valence-corrected chi connectivity index (χ4v) is 1.52. The molecule has 0 aliphatic rings. The molecule has 96 valence electrons. The number of nitrogens with one attached hydrogen (secondary N) is 1. The monoisotopic (exact) mass is 321 g/mol. The van der Waals surface area contributed by atoms with Crippen molar-refractivity contribution in [1.29, 1.82) is 0 Å². The van der Waals surface area contributed by atoms with Gasteiger partial charge in [0.25, 0.3) is 5.91 Å². The van der Waals surface area contributed by atoms with Crippen LogP contribution in [0.1, 0.15) is 20.8 Å². The van der Waals surface area contributed by atoms with E-state index in [0.717, 1.165) is 4.47 Å². The van der Waals surface area contributed by atoms with Crippen molar-refractivity contribution in [2.45, 2.75) is 0 Å². The lowest BCUT2D eigenvalue weighted by Crippen LogP contribution is -2.14. The van der Waals surface area contributed by atoms with Crippen LogP contribution < -0.4 is 5.32 Å². The Morgan fingerprint density at radius 3 is 2.42 bits per heavy atom. The number of carbonyl (C=O) groups excluding carboxylic acids is 1. The van der Waals surface area contributed by atoms with Crippen LogP contribution in [0.25, 0.3) is 0 Å². The summed E-state index contributed by atoms with van der Waals surface area (Å²) < 4.78 is 0.771. The van der Waals surface area contributed by atoms with Gasteiger partial charge in [-0.3, -0.25) is 4.79 Å². The highest BCUT2D eigenvalue weighted by Gasteiger charge is 2.09. The van der Waals surface area contributed by atoms with Gasteiger partial charge in [-0.15, -0.1) is 0 Å². The zero-order chi connectivity index (χ0) is 13.8. The second-order valence-electron chi connectivity index (χ2n) is 3.55. The summed E-state index contributed by atoms with van der Waals surface area (Å²) in [5.41, 5.74) is 0.298. The van der Waals surface area contributed by atoms with Crippen LogP contribution in [0.4, 0.5) is 5.82 Å². The van der Waals surface area contributed by atoms with E-state index in [2.05, 4.69) is 31.2 Å². The van der Waals surface area contributed by atoms with Gasteiger partial charge in [0.2, 0.25) is 0 Å².